The molecule has 1 aliphatic heterocycles. The van der Waals surface area contributed by atoms with Crippen LogP contribution in [-0.2, 0) is 14.8 Å². The maximum atomic E-state index is 12.8. The van der Waals surface area contributed by atoms with Gasteiger partial charge in [0, 0.05) is 18.8 Å². The molecule has 2 heterocycles. The average molecular weight is 443 g/mol. The van der Waals surface area contributed by atoms with Gasteiger partial charge in [-0.05, 0) is 60.7 Å². The fraction of sp³-hybridized carbons (Fsp3) is 0.227. The molecule has 0 spiro atoms. The van der Waals surface area contributed by atoms with E-state index in [0.717, 1.165) is 5.75 Å². The Kier molecular flexibility index (Phi) is 6.17. The molecule has 1 aliphatic rings. The predicted molar refractivity (Wildman–Crippen MR) is 117 cm³/mol. The van der Waals surface area contributed by atoms with E-state index in [9.17, 15) is 13.2 Å². The van der Waals surface area contributed by atoms with Crippen LogP contribution in [0.1, 0.15) is 12.8 Å². The molecule has 0 bridgehead atoms. The molecule has 0 unspecified atom stereocenters. The molecule has 1 N–H and O–H groups in total. The molecular formula is C22H22N2O4S2. The van der Waals surface area contributed by atoms with Gasteiger partial charge in [-0.25, -0.2) is 8.42 Å². The maximum absolute atomic E-state index is 12.8. The number of nitrogens with one attached hydrogen (secondary N) is 1. The fourth-order valence-corrected chi connectivity index (χ4v) is 6.06. The van der Waals surface area contributed by atoms with Crippen LogP contribution in [0.5, 0.6) is 11.5 Å². The summed E-state index contributed by atoms with van der Waals surface area (Å²) in [5, 5.41) is 4.64. The quantitative estimate of drug-likeness (QED) is 0.606. The van der Waals surface area contributed by atoms with E-state index in [1.165, 1.54) is 15.6 Å². The summed E-state index contributed by atoms with van der Waals surface area (Å²) in [5.41, 5.74) is 0.652. The van der Waals surface area contributed by atoms with Crippen LogP contribution in [0.15, 0.2) is 76.3 Å². The topological polar surface area (TPSA) is 75.7 Å². The Hall–Kier alpha value is -2.68. The zero-order chi connectivity index (χ0) is 21.0. The van der Waals surface area contributed by atoms with Crippen LogP contribution in [0.25, 0.3) is 0 Å². The van der Waals surface area contributed by atoms with Gasteiger partial charge in [0.15, 0.2) is 0 Å². The summed E-state index contributed by atoms with van der Waals surface area (Å²) in [6, 6.07) is 19.9. The number of nitrogens with zero attached hydrogens (tertiary/aromatic N) is 1. The van der Waals surface area contributed by atoms with Gasteiger partial charge in [0.1, 0.15) is 15.7 Å². The lowest BCUT2D eigenvalue weighted by Crippen LogP contribution is -2.43. The molecule has 1 atom stereocenters. The first-order valence-corrected chi connectivity index (χ1v) is 12.0. The minimum absolute atomic E-state index is 0.169. The number of hydrogen-bond acceptors (Lipinski definition) is 5. The minimum Gasteiger partial charge on any atom is -0.457 e. The maximum Gasteiger partial charge on any atom is 0.252 e. The Labute approximate surface area is 180 Å². The van der Waals surface area contributed by atoms with Crippen LogP contribution < -0.4 is 10.1 Å². The molecule has 30 heavy (non-hydrogen) atoms. The molecule has 8 heteroatoms. The predicted octanol–water partition coefficient (Wildman–Crippen LogP) is 4.58. The summed E-state index contributed by atoms with van der Waals surface area (Å²) >= 11 is 1.20. The second-order valence-electron chi connectivity index (χ2n) is 7.06. The molecule has 4 rings (SSSR count). The van der Waals surface area contributed by atoms with Crippen LogP contribution in [0.2, 0.25) is 0 Å². The second-order valence-corrected chi connectivity index (χ2v) is 10.2. The number of sulfonamides is 1. The number of piperidine rings is 1. The summed E-state index contributed by atoms with van der Waals surface area (Å²) in [6.45, 7) is 0.636. The lowest BCUT2D eigenvalue weighted by atomic mass is 9.99. The first-order chi connectivity index (χ1) is 14.5. The SMILES string of the molecule is O=C(Nc1ccc(Oc2ccccc2)cc1)[C@H]1CCCN(S(=O)(=O)c2cccs2)C1. The van der Waals surface area contributed by atoms with E-state index in [0.29, 0.717) is 35.0 Å². The average Bonchev–Trinajstić information content (AvgIpc) is 3.32. The van der Waals surface area contributed by atoms with Gasteiger partial charge >= 0.3 is 0 Å². The highest BCUT2D eigenvalue weighted by molar-refractivity contribution is 7.91. The highest BCUT2D eigenvalue weighted by Gasteiger charge is 2.33. The van der Waals surface area contributed by atoms with Crippen molar-refractivity contribution in [3.63, 3.8) is 0 Å². The van der Waals surface area contributed by atoms with Crippen molar-refractivity contribution >= 4 is 33.0 Å². The normalized spacial score (nSPS) is 17.4. The first-order valence-electron chi connectivity index (χ1n) is 9.70. The summed E-state index contributed by atoms with van der Waals surface area (Å²) < 4.78 is 33.0. The van der Waals surface area contributed by atoms with E-state index < -0.39 is 10.0 Å². The Morgan fingerprint density at radius 2 is 1.73 bits per heavy atom. The lowest BCUT2D eigenvalue weighted by Gasteiger charge is -2.30. The molecule has 2 aromatic carbocycles. The van der Waals surface area contributed by atoms with Crippen LogP contribution in [0, 0.1) is 5.92 Å². The van der Waals surface area contributed by atoms with Gasteiger partial charge in [-0.1, -0.05) is 24.3 Å². The van der Waals surface area contributed by atoms with Crippen molar-refractivity contribution in [3.05, 3.63) is 72.1 Å². The van der Waals surface area contributed by atoms with Gasteiger partial charge in [-0.2, -0.15) is 4.31 Å². The molecule has 0 aliphatic carbocycles. The Morgan fingerprint density at radius 3 is 2.43 bits per heavy atom. The van der Waals surface area contributed by atoms with E-state index in [4.69, 9.17) is 4.74 Å². The number of para-hydroxylation sites is 1. The Morgan fingerprint density at radius 1 is 1.00 bits per heavy atom. The van der Waals surface area contributed by atoms with Gasteiger partial charge in [0.2, 0.25) is 5.91 Å². The lowest BCUT2D eigenvalue weighted by molar-refractivity contribution is -0.120. The summed E-state index contributed by atoms with van der Waals surface area (Å²) in [4.78, 5) is 12.7. The smallest absolute Gasteiger partial charge is 0.252 e. The molecule has 1 fully saturated rings. The number of thiophene rings is 1. The number of carbonyl (C=O) groups excluding carboxylic acids is 1. The third-order valence-electron chi connectivity index (χ3n) is 4.94. The van der Waals surface area contributed by atoms with Crippen LogP contribution in [-0.4, -0.2) is 31.7 Å². The number of rotatable bonds is 6. The van der Waals surface area contributed by atoms with Crippen LogP contribution in [0.4, 0.5) is 5.69 Å². The van der Waals surface area contributed by atoms with Crippen molar-refractivity contribution in [1.82, 2.24) is 4.31 Å². The summed E-state index contributed by atoms with van der Waals surface area (Å²) in [7, 11) is -3.54. The third kappa shape index (κ3) is 4.72. The molecular weight excluding hydrogens is 420 g/mol. The van der Waals surface area contributed by atoms with Crippen molar-refractivity contribution in [2.45, 2.75) is 17.1 Å². The number of carbonyl (C=O) groups is 1. The molecule has 6 nitrogen and oxygen atoms in total. The van der Waals surface area contributed by atoms with E-state index >= 15 is 0 Å². The van der Waals surface area contributed by atoms with Crippen molar-refractivity contribution < 1.29 is 17.9 Å². The van der Waals surface area contributed by atoms with Crippen LogP contribution in [0.3, 0.4) is 0 Å². The number of hydrogen-bond donors (Lipinski definition) is 1. The van der Waals surface area contributed by atoms with Crippen molar-refractivity contribution in [1.29, 1.82) is 0 Å². The van der Waals surface area contributed by atoms with Crippen LogP contribution >= 0.6 is 11.3 Å². The summed E-state index contributed by atoms with van der Waals surface area (Å²) in [5.74, 6) is 0.861. The summed E-state index contributed by atoms with van der Waals surface area (Å²) in [6.07, 6.45) is 1.32. The Balaban J connectivity index is 1.37. The highest BCUT2D eigenvalue weighted by Crippen LogP contribution is 2.28. The van der Waals surface area contributed by atoms with E-state index in [1.807, 2.05) is 30.3 Å². The molecule has 1 amide bonds. The van der Waals surface area contributed by atoms with Crippen molar-refractivity contribution in [3.8, 4) is 11.5 Å². The number of ether oxygens (including phenoxy) is 1. The Bertz CT molecular complexity index is 1080. The molecule has 0 radical (unpaired) electrons. The van der Waals surface area contributed by atoms with Gasteiger partial charge < -0.3 is 10.1 Å². The highest BCUT2D eigenvalue weighted by atomic mass is 32.2. The van der Waals surface area contributed by atoms with Crippen molar-refractivity contribution in [2.75, 3.05) is 18.4 Å². The zero-order valence-corrected chi connectivity index (χ0v) is 17.9. The second kappa shape index (κ2) is 8.99. The van der Waals surface area contributed by atoms with Gasteiger partial charge in [0.25, 0.3) is 10.0 Å². The third-order valence-corrected chi connectivity index (χ3v) is 8.18. The van der Waals surface area contributed by atoms with E-state index in [-0.39, 0.29) is 18.4 Å². The first kappa shape index (κ1) is 20.6. The standard InChI is InChI=1S/C22H22N2O4S2/c25-22(17-6-4-14-24(16-17)30(26,27)21-9-5-15-29-21)23-18-10-12-20(13-11-18)28-19-7-2-1-3-8-19/h1-3,5,7-13,15,17H,4,6,14,16H2,(H,23,25)/t17-/m0/s1. The van der Waals surface area contributed by atoms with E-state index in [2.05, 4.69) is 5.32 Å². The largest absolute Gasteiger partial charge is 0.457 e. The van der Waals surface area contributed by atoms with Gasteiger partial charge in [-0.15, -0.1) is 11.3 Å². The number of benzene rings is 2. The minimum atomic E-state index is -3.54. The van der Waals surface area contributed by atoms with E-state index in [1.54, 1.807) is 41.8 Å². The van der Waals surface area contributed by atoms with Gasteiger partial charge in [0.05, 0.1) is 5.92 Å². The number of amides is 1. The fourth-order valence-electron chi connectivity index (χ4n) is 3.39. The van der Waals surface area contributed by atoms with Crippen molar-refractivity contribution in [2.24, 2.45) is 5.92 Å². The number of anilines is 1. The molecule has 1 aromatic heterocycles. The van der Waals surface area contributed by atoms with Gasteiger partial charge in [-0.3, -0.25) is 4.79 Å². The molecule has 156 valence electrons. The molecule has 1 saturated heterocycles. The monoisotopic (exact) mass is 442 g/mol. The molecule has 0 saturated carbocycles. The molecule has 3 aromatic rings. The zero-order valence-electron chi connectivity index (χ0n) is 16.2.